The van der Waals surface area contributed by atoms with Gasteiger partial charge in [0.05, 0.1) is 17.7 Å². The number of carbonyl (C=O) groups excluding carboxylic acids is 1. The second-order valence-corrected chi connectivity index (χ2v) is 7.04. The highest BCUT2D eigenvalue weighted by atomic mass is 16.3. The van der Waals surface area contributed by atoms with E-state index in [9.17, 15) is 9.90 Å². The number of benzene rings is 2. The summed E-state index contributed by atoms with van der Waals surface area (Å²) in [7, 11) is 0. The summed E-state index contributed by atoms with van der Waals surface area (Å²) >= 11 is 0. The molecule has 0 aliphatic carbocycles. The minimum Gasteiger partial charge on any atom is -0.393 e. The van der Waals surface area contributed by atoms with E-state index in [2.05, 4.69) is 23.5 Å². The predicted molar refractivity (Wildman–Crippen MR) is 105 cm³/mol. The lowest BCUT2D eigenvalue weighted by Crippen LogP contribution is -2.43. The fourth-order valence-corrected chi connectivity index (χ4v) is 3.55. The van der Waals surface area contributed by atoms with Gasteiger partial charge in [0.1, 0.15) is 0 Å². The van der Waals surface area contributed by atoms with Crippen molar-refractivity contribution in [2.45, 2.75) is 31.8 Å². The number of aryl methyl sites for hydroxylation is 1. The maximum Gasteiger partial charge on any atom is 0.321 e. The van der Waals surface area contributed by atoms with Crippen molar-refractivity contribution < 1.29 is 9.90 Å². The molecule has 1 saturated heterocycles. The van der Waals surface area contributed by atoms with Gasteiger partial charge in [-0.1, -0.05) is 36.4 Å². The Hall–Kier alpha value is -2.84. The van der Waals surface area contributed by atoms with Gasteiger partial charge in [0.15, 0.2) is 0 Å². The zero-order valence-corrected chi connectivity index (χ0v) is 15.3. The molecule has 0 aromatic heterocycles. The summed E-state index contributed by atoms with van der Waals surface area (Å²) < 4.78 is 0. The van der Waals surface area contributed by atoms with Crippen molar-refractivity contribution in [1.29, 1.82) is 5.26 Å². The number of hydrogen-bond donors (Lipinski definition) is 2. The van der Waals surface area contributed by atoms with E-state index in [0.29, 0.717) is 24.3 Å². The fourth-order valence-electron chi connectivity index (χ4n) is 3.55. The molecule has 3 rings (SSSR count). The van der Waals surface area contributed by atoms with Crippen molar-refractivity contribution in [2.75, 3.05) is 18.4 Å². The molecule has 2 aromatic carbocycles. The van der Waals surface area contributed by atoms with Crippen LogP contribution in [-0.4, -0.2) is 35.2 Å². The molecule has 0 unspecified atom stereocenters. The molecule has 1 aliphatic heterocycles. The lowest BCUT2D eigenvalue weighted by Gasteiger charge is -2.34. The smallest absolute Gasteiger partial charge is 0.321 e. The molecule has 0 saturated carbocycles. The second kappa shape index (κ2) is 9.20. The number of nitrogens with zero attached hydrogens (tertiary/aromatic N) is 2. The number of nitriles is 1. The third kappa shape index (κ3) is 5.32. The molecule has 1 aliphatic rings. The number of urea groups is 1. The van der Waals surface area contributed by atoms with E-state index >= 15 is 0 Å². The molecule has 1 heterocycles. The van der Waals surface area contributed by atoms with E-state index in [4.69, 9.17) is 5.26 Å². The van der Waals surface area contributed by atoms with Crippen LogP contribution in [0.3, 0.4) is 0 Å². The van der Waals surface area contributed by atoms with Crippen LogP contribution in [-0.2, 0) is 6.42 Å². The molecule has 1 atom stereocenters. The minimum absolute atomic E-state index is 0.151. The Bertz CT molecular complexity index is 793. The summed E-state index contributed by atoms with van der Waals surface area (Å²) in [5.74, 6) is 0.236. The molecule has 0 bridgehead atoms. The van der Waals surface area contributed by atoms with Gasteiger partial charge in [-0.05, 0) is 55.4 Å². The standard InChI is InChI=1S/C22H25N3O2/c23-16-18-7-4-8-20(15-18)24-22(27)25-13-11-19(12-14-25)21(26)10-9-17-5-2-1-3-6-17/h1-8,15,19,21,26H,9-14H2,(H,24,27)/t21-/m0/s1. The van der Waals surface area contributed by atoms with Crippen molar-refractivity contribution in [3.63, 3.8) is 0 Å². The molecular weight excluding hydrogens is 338 g/mol. The Morgan fingerprint density at radius 1 is 1.19 bits per heavy atom. The number of rotatable bonds is 5. The lowest BCUT2D eigenvalue weighted by molar-refractivity contribution is 0.0626. The van der Waals surface area contributed by atoms with Gasteiger partial charge in [-0.25, -0.2) is 4.79 Å². The van der Waals surface area contributed by atoms with Crippen LogP contribution in [0.4, 0.5) is 10.5 Å². The van der Waals surface area contributed by atoms with Gasteiger partial charge < -0.3 is 15.3 Å². The molecule has 2 amide bonds. The number of aliphatic hydroxyl groups is 1. The summed E-state index contributed by atoms with van der Waals surface area (Å²) in [6.07, 6.45) is 2.91. The number of amides is 2. The topological polar surface area (TPSA) is 76.4 Å². The summed E-state index contributed by atoms with van der Waals surface area (Å²) in [6.45, 7) is 1.27. The third-order valence-corrected chi connectivity index (χ3v) is 5.19. The molecule has 140 valence electrons. The number of nitrogens with one attached hydrogen (secondary N) is 1. The number of likely N-dealkylation sites (tertiary alicyclic amines) is 1. The summed E-state index contributed by atoms with van der Waals surface area (Å²) in [5, 5.41) is 22.3. The largest absolute Gasteiger partial charge is 0.393 e. The van der Waals surface area contributed by atoms with Crippen LogP contribution < -0.4 is 5.32 Å². The summed E-state index contributed by atoms with van der Waals surface area (Å²) in [5.41, 5.74) is 2.39. The fraction of sp³-hybridized carbons (Fsp3) is 0.364. The molecule has 2 aromatic rings. The van der Waals surface area contributed by atoms with Gasteiger partial charge in [-0.2, -0.15) is 5.26 Å². The highest BCUT2D eigenvalue weighted by Gasteiger charge is 2.27. The van der Waals surface area contributed by atoms with Crippen LogP contribution in [0, 0.1) is 17.2 Å². The van der Waals surface area contributed by atoms with Gasteiger partial charge in [0.25, 0.3) is 0 Å². The van der Waals surface area contributed by atoms with E-state index in [1.165, 1.54) is 5.56 Å². The van der Waals surface area contributed by atoms with E-state index in [1.54, 1.807) is 29.2 Å². The molecule has 0 spiro atoms. The predicted octanol–water partition coefficient (Wildman–Crippen LogP) is 3.80. The number of anilines is 1. The van der Waals surface area contributed by atoms with Crippen LogP contribution in [0.1, 0.15) is 30.4 Å². The molecular formula is C22H25N3O2. The first-order chi connectivity index (χ1) is 13.2. The molecule has 5 heteroatoms. The lowest BCUT2D eigenvalue weighted by atomic mass is 9.88. The Kier molecular flexibility index (Phi) is 6.45. The van der Waals surface area contributed by atoms with Crippen molar-refractivity contribution in [3.8, 4) is 6.07 Å². The molecule has 27 heavy (non-hydrogen) atoms. The number of hydrogen-bond acceptors (Lipinski definition) is 3. The first-order valence-electron chi connectivity index (χ1n) is 9.44. The molecule has 0 radical (unpaired) electrons. The van der Waals surface area contributed by atoms with Crippen LogP contribution in [0.25, 0.3) is 0 Å². The monoisotopic (exact) mass is 363 g/mol. The van der Waals surface area contributed by atoms with Gasteiger partial charge in [0, 0.05) is 18.8 Å². The normalized spacial score (nSPS) is 15.8. The van der Waals surface area contributed by atoms with Gasteiger partial charge in [-0.3, -0.25) is 0 Å². The average Bonchev–Trinajstić information content (AvgIpc) is 2.73. The average molecular weight is 363 g/mol. The van der Waals surface area contributed by atoms with E-state index in [0.717, 1.165) is 25.7 Å². The zero-order chi connectivity index (χ0) is 19.1. The maximum atomic E-state index is 12.4. The SMILES string of the molecule is N#Cc1cccc(NC(=O)N2CCC([C@@H](O)CCc3ccccc3)CC2)c1. The summed E-state index contributed by atoms with van der Waals surface area (Å²) in [6, 6.07) is 19.0. The molecule has 1 fully saturated rings. The van der Waals surface area contributed by atoms with Crippen molar-refractivity contribution in [3.05, 3.63) is 65.7 Å². The Morgan fingerprint density at radius 3 is 2.63 bits per heavy atom. The van der Waals surface area contributed by atoms with Gasteiger partial charge in [-0.15, -0.1) is 0 Å². The third-order valence-electron chi connectivity index (χ3n) is 5.19. The highest BCUT2D eigenvalue weighted by Crippen LogP contribution is 2.24. The van der Waals surface area contributed by atoms with Crippen LogP contribution in [0.5, 0.6) is 0 Å². The van der Waals surface area contributed by atoms with Gasteiger partial charge >= 0.3 is 6.03 Å². The Labute approximate surface area is 160 Å². The van der Waals surface area contributed by atoms with E-state index < -0.39 is 0 Å². The zero-order valence-electron chi connectivity index (χ0n) is 15.3. The quantitative estimate of drug-likeness (QED) is 0.848. The summed E-state index contributed by atoms with van der Waals surface area (Å²) in [4.78, 5) is 14.2. The number of piperidine rings is 1. The maximum absolute atomic E-state index is 12.4. The Balaban J connectivity index is 1.45. The first kappa shape index (κ1) is 18.9. The van der Waals surface area contributed by atoms with E-state index in [1.807, 2.05) is 18.2 Å². The molecule has 2 N–H and O–H groups in total. The van der Waals surface area contributed by atoms with Crippen molar-refractivity contribution in [2.24, 2.45) is 5.92 Å². The van der Waals surface area contributed by atoms with Crippen molar-refractivity contribution >= 4 is 11.7 Å². The Morgan fingerprint density at radius 2 is 1.93 bits per heavy atom. The van der Waals surface area contributed by atoms with E-state index in [-0.39, 0.29) is 18.1 Å². The van der Waals surface area contributed by atoms with Crippen LogP contribution >= 0.6 is 0 Å². The van der Waals surface area contributed by atoms with Crippen molar-refractivity contribution in [1.82, 2.24) is 4.90 Å². The van der Waals surface area contributed by atoms with Gasteiger partial charge in [0.2, 0.25) is 0 Å². The highest BCUT2D eigenvalue weighted by molar-refractivity contribution is 5.89. The molecule has 5 nitrogen and oxygen atoms in total. The van der Waals surface area contributed by atoms with Crippen LogP contribution in [0.2, 0.25) is 0 Å². The first-order valence-corrected chi connectivity index (χ1v) is 9.44. The minimum atomic E-state index is -0.331. The second-order valence-electron chi connectivity index (χ2n) is 7.04. The number of aliphatic hydroxyl groups excluding tert-OH is 1. The number of carbonyl (C=O) groups is 1. The van der Waals surface area contributed by atoms with Crippen LogP contribution in [0.15, 0.2) is 54.6 Å².